The number of aromatic nitrogens is 1. The Morgan fingerprint density at radius 2 is 2.07 bits per heavy atom. The second-order valence-corrected chi connectivity index (χ2v) is 3.17. The molecule has 0 atom stereocenters. The highest BCUT2D eigenvalue weighted by atomic mass is 16.4. The van der Waals surface area contributed by atoms with Gasteiger partial charge < -0.3 is 9.52 Å². The van der Waals surface area contributed by atoms with Gasteiger partial charge in [-0.15, -0.1) is 0 Å². The van der Waals surface area contributed by atoms with Crippen LogP contribution in [0.4, 0.5) is 11.7 Å². The Balaban J connectivity index is 2.24. The van der Waals surface area contributed by atoms with E-state index in [2.05, 4.69) is 4.98 Å². The molecule has 0 spiro atoms. The van der Waals surface area contributed by atoms with E-state index in [1.165, 1.54) is 6.26 Å². The van der Waals surface area contributed by atoms with Crippen LogP contribution in [0.25, 0.3) is 0 Å². The van der Waals surface area contributed by atoms with Crippen LogP contribution in [0.1, 0.15) is 5.69 Å². The number of benzene rings is 1. The summed E-state index contributed by atoms with van der Waals surface area (Å²) < 4.78 is 5.23. The molecule has 0 radical (unpaired) electrons. The van der Waals surface area contributed by atoms with E-state index in [9.17, 15) is 0 Å². The second kappa shape index (κ2) is 4.14. The van der Waals surface area contributed by atoms with Gasteiger partial charge in [-0.25, -0.2) is 0 Å². The molecule has 15 heavy (non-hydrogen) atoms. The van der Waals surface area contributed by atoms with Crippen LogP contribution in [0.5, 0.6) is 0 Å². The number of nitrogens with zero attached hydrogens (tertiary/aromatic N) is 2. The number of aliphatic hydroxyl groups is 1. The lowest BCUT2D eigenvalue weighted by Crippen LogP contribution is -2.09. The Morgan fingerprint density at radius 3 is 2.67 bits per heavy atom. The van der Waals surface area contributed by atoms with Crippen molar-refractivity contribution in [3.05, 3.63) is 42.3 Å². The second-order valence-electron chi connectivity index (χ2n) is 3.17. The summed E-state index contributed by atoms with van der Waals surface area (Å²) in [6, 6.07) is 10.2. The van der Waals surface area contributed by atoms with Gasteiger partial charge in [0.25, 0.3) is 0 Å². The molecule has 0 saturated heterocycles. The maximum absolute atomic E-state index is 8.86. The molecule has 0 aliphatic rings. The zero-order valence-electron chi connectivity index (χ0n) is 8.42. The summed E-state index contributed by atoms with van der Waals surface area (Å²) in [6.45, 7) is -0.105. The van der Waals surface area contributed by atoms with Gasteiger partial charge in [0, 0.05) is 12.7 Å². The van der Waals surface area contributed by atoms with E-state index < -0.39 is 0 Å². The molecule has 0 amide bonds. The van der Waals surface area contributed by atoms with E-state index in [1.54, 1.807) is 0 Å². The van der Waals surface area contributed by atoms with Crippen molar-refractivity contribution < 1.29 is 9.52 Å². The SMILES string of the molecule is CN(c1ccccc1)c1nc(CO)co1. The third kappa shape index (κ3) is 1.99. The lowest BCUT2D eigenvalue weighted by atomic mass is 10.3. The molecule has 78 valence electrons. The first-order chi connectivity index (χ1) is 7.31. The van der Waals surface area contributed by atoms with Gasteiger partial charge in [0.2, 0.25) is 0 Å². The minimum absolute atomic E-state index is 0.105. The molecule has 0 saturated carbocycles. The van der Waals surface area contributed by atoms with Crippen LogP contribution >= 0.6 is 0 Å². The molecule has 4 nitrogen and oxygen atoms in total. The minimum Gasteiger partial charge on any atom is -0.431 e. The summed E-state index contributed by atoms with van der Waals surface area (Å²) in [6.07, 6.45) is 1.45. The van der Waals surface area contributed by atoms with Gasteiger partial charge in [-0.2, -0.15) is 4.98 Å². The highest BCUT2D eigenvalue weighted by molar-refractivity contribution is 5.54. The van der Waals surface area contributed by atoms with Crippen molar-refractivity contribution >= 4 is 11.7 Å². The Morgan fingerprint density at radius 1 is 1.33 bits per heavy atom. The number of hydrogen-bond donors (Lipinski definition) is 1. The van der Waals surface area contributed by atoms with Crippen molar-refractivity contribution in [3.8, 4) is 0 Å². The fourth-order valence-electron chi connectivity index (χ4n) is 1.28. The topological polar surface area (TPSA) is 49.5 Å². The van der Waals surface area contributed by atoms with Crippen molar-refractivity contribution in [2.45, 2.75) is 6.61 Å². The fourth-order valence-corrected chi connectivity index (χ4v) is 1.28. The zero-order valence-corrected chi connectivity index (χ0v) is 8.42. The molecule has 2 aromatic rings. The molecule has 0 unspecified atom stereocenters. The van der Waals surface area contributed by atoms with Crippen LogP contribution < -0.4 is 4.90 Å². The van der Waals surface area contributed by atoms with Gasteiger partial charge in [-0.05, 0) is 12.1 Å². The van der Waals surface area contributed by atoms with Crippen molar-refractivity contribution in [2.24, 2.45) is 0 Å². The summed E-state index contributed by atoms with van der Waals surface area (Å²) in [7, 11) is 1.86. The van der Waals surface area contributed by atoms with E-state index in [4.69, 9.17) is 9.52 Å². The average molecular weight is 204 g/mol. The lowest BCUT2D eigenvalue weighted by molar-refractivity contribution is 0.276. The first kappa shape index (κ1) is 9.73. The van der Waals surface area contributed by atoms with E-state index >= 15 is 0 Å². The smallest absolute Gasteiger partial charge is 0.301 e. The third-order valence-electron chi connectivity index (χ3n) is 2.13. The van der Waals surface area contributed by atoms with Crippen molar-refractivity contribution in [1.29, 1.82) is 0 Å². The molecule has 1 N–H and O–H groups in total. The number of para-hydroxylation sites is 1. The van der Waals surface area contributed by atoms with Crippen LogP contribution in [0, 0.1) is 0 Å². The number of aliphatic hydroxyl groups excluding tert-OH is 1. The molecule has 0 fully saturated rings. The van der Waals surface area contributed by atoms with E-state index in [0.29, 0.717) is 11.7 Å². The highest BCUT2D eigenvalue weighted by Gasteiger charge is 2.09. The molecule has 1 aromatic carbocycles. The van der Waals surface area contributed by atoms with Gasteiger partial charge in [0.1, 0.15) is 12.0 Å². The van der Waals surface area contributed by atoms with Crippen LogP contribution in [-0.4, -0.2) is 17.1 Å². The Labute approximate surface area is 87.8 Å². The van der Waals surface area contributed by atoms with Gasteiger partial charge in [-0.1, -0.05) is 18.2 Å². The maximum atomic E-state index is 8.86. The standard InChI is InChI=1S/C11H12N2O2/c1-13(10-5-3-2-4-6-10)11-12-9(7-14)8-15-11/h2-6,8,14H,7H2,1H3. The monoisotopic (exact) mass is 204 g/mol. The molecule has 2 rings (SSSR count). The van der Waals surface area contributed by atoms with Crippen molar-refractivity contribution in [3.63, 3.8) is 0 Å². The minimum atomic E-state index is -0.105. The van der Waals surface area contributed by atoms with E-state index in [1.807, 2.05) is 42.3 Å². The average Bonchev–Trinajstić information content (AvgIpc) is 2.78. The Hall–Kier alpha value is -1.81. The predicted molar refractivity (Wildman–Crippen MR) is 56.9 cm³/mol. The number of anilines is 2. The first-order valence-corrected chi connectivity index (χ1v) is 4.65. The van der Waals surface area contributed by atoms with Crippen molar-refractivity contribution in [2.75, 3.05) is 11.9 Å². The Bertz CT molecular complexity index is 425. The molecule has 1 heterocycles. The predicted octanol–water partition coefficient (Wildman–Crippen LogP) is 1.93. The number of rotatable bonds is 3. The molecule has 0 aliphatic heterocycles. The summed E-state index contributed by atoms with van der Waals surface area (Å²) in [5.41, 5.74) is 1.52. The molecule has 4 heteroatoms. The number of hydrogen-bond acceptors (Lipinski definition) is 4. The maximum Gasteiger partial charge on any atom is 0.301 e. The summed E-state index contributed by atoms with van der Waals surface area (Å²) in [4.78, 5) is 5.93. The van der Waals surface area contributed by atoms with E-state index in [0.717, 1.165) is 5.69 Å². The molecule has 0 bridgehead atoms. The largest absolute Gasteiger partial charge is 0.431 e. The van der Waals surface area contributed by atoms with Crippen LogP contribution in [0.3, 0.4) is 0 Å². The summed E-state index contributed by atoms with van der Waals surface area (Å²) in [5.74, 6) is 0. The van der Waals surface area contributed by atoms with Crippen LogP contribution in [-0.2, 0) is 6.61 Å². The van der Waals surface area contributed by atoms with Gasteiger partial charge in [-0.3, -0.25) is 4.90 Å². The van der Waals surface area contributed by atoms with Crippen molar-refractivity contribution in [1.82, 2.24) is 4.98 Å². The van der Waals surface area contributed by atoms with Crippen LogP contribution in [0.15, 0.2) is 41.0 Å². The number of oxazole rings is 1. The van der Waals surface area contributed by atoms with Gasteiger partial charge in [0.15, 0.2) is 0 Å². The quantitative estimate of drug-likeness (QED) is 0.830. The molecular weight excluding hydrogens is 192 g/mol. The molecule has 0 aliphatic carbocycles. The fraction of sp³-hybridized carbons (Fsp3) is 0.182. The molecule has 1 aromatic heterocycles. The van der Waals surface area contributed by atoms with E-state index in [-0.39, 0.29) is 6.61 Å². The summed E-state index contributed by atoms with van der Waals surface area (Å²) in [5, 5.41) is 8.86. The summed E-state index contributed by atoms with van der Waals surface area (Å²) >= 11 is 0. The highest BCUT2D eigenvalue weighted by Crippen LogP contribution is 2.21. The Kier molecular flexibility index (Phi) is 2.69. The van der Waals surface area contributed by atoms with Gasteiger partial charge in [0.05, 0.1) is 6.61 Å². The normalized spacial score (nSPS) is 10.3. The first-order valence-electron chi connectivity index (χ1n) is 4.65. The molecular formula is C11H12N2O2. The zero-order chi connectivity index (χ0) is 10.7. The lowest BCUT2D eigenvalue weighted by Gasteiger charge is -2.13. The van der Waals surface area contributed by atoms with Crippen LogP contribution in [0.2, 0.25) is 0 Å². The third-order valence-corrected chi connectivity index (χ3v) is 2.13. The van der Waals surface area contributed by atoms with Gasteiger partial charge >= 0.3 is 6.01 Å².